The van der Waals surface area contributed by atoms with E-state index in [1.807, 2.05) is 55.6 Å². The van der Waals surface area contributed by atoms with Gasteiger partial charge in [0.2, 0.25) is 11.7 Å². The molecule has 7 nitrogen and oxygen atoms in total. The summed E-state index contributed by atoms with van der Waals surface area (Å²) in [7, 11) is 2.01. The Balaban J connectivity index is 1.22. The Hall–Kier alpha value is -3.71. The molecule has 2 amide bonds. The van der Waals surface area contributed by atoms with Crippen LogP contribution in [0.3, 0.4) is 0 Å². The van der Waals surface area contributed by atoms with E-state index in [0.29, 0.717) is 24.7 Å². The number of rotatable bonds is 5. The summed E-state index contributed by atoms with van der Waals surface area (Å²) in [5, 5.41) is 12.5. The number of nitrogens with zero attached hydrogens (tertiary/aromatic N) is 3. The number of carbonyl (C=O) groups is 1. The van der Waals surface area contributed by atoms with Gasteiger partial charge in [0.25, 0.3) is 0 Å². The number of aromatic nitrogens is 2. The lowest BCUT2D eigenvalue weighted by molar-refractivity contribution is 0.236. The van der Waals surface area contributed by atoms with Gasteiger partial charge in [0, 0.05) is 24.7 Å². The predicted octanol–water partition coefficient (Wildman–Crippen LogP) is 4.13. The van der Waals surface area contributed by atoms with Gasteiger partial charge in [-0.05, 0) is 35.9 Å². The second-order valence-electron chi connectivity index (χ2n) is 8.22. The molecular weight excluding hydrogens is 402 g/mol. The average Bonchev–Trinajstić information content (AvgIpc) is 3.44. The Bertz CT molecular complexity index is 1220. The first kappa shape index (κ1) is 20.2. The van der Waals surface area contributed by atoms with Crippen LogP contribution in [0, 0.1) is 0 Å². The summed E-state index contributed by atoms with van der Waals surface area (Å²) in [6.45, 7) is 1.22. The van der Waals surface area contributed by atoms with E-state index in [9.17, 15) is 4.79 Å². The molecule has 0 radical (unpaired) electrons. The summed E-state index contributed by atoms with van der Waals surface area (Å²) >= 11 is 0. The fourth-order valence-electron chi connectivity index (χ4n) is 4.22. The van der Waals surface area contributed by atoms with Crippen molar-refractivity contribution in [2.24, 2.45) is 0 Å². The third-order valence-electron chi connectivity index (χ3n) is 5.91. The maximum atomic E-state index is 12.3. The molecule has 1 aromatic heterocycles. The van der Waals surface area contributed by atoms with Crippen LogP contribution >= 0.6 is 0 Å². The average molecular weight is 428 g/mol. The fraction of sp³-hybridized carbons (Fsp3) is 0.240. The number of nitrogens with one attached hydrogen (secondary N) is 2. The summed E-state index contributed by atoms with van der Waals surface area (Å²) in [4.78, 5) is 19.1. The van der Waals surface area contributed by atoms with Crippen LogP contribution in [0.2, 0.25) is 0 Å². The van der Waals surface area contributed by atoms with Crippen molar-refractivity contribution in [1.82, 2.24) is 25.7 Å². The van der Waals surface area contributed by atoms with Gasteiger partial charge >= 0.3 is 6.03 Å². The van der Waals surface area contributed by atoms with E-state index in [4.69, 9.17) is 4.52 Å². The number of benzene rings is 3. The number of likely N-dealkylation sites (N-methyl/N-ethyl adjacent to an activating group) is 1. The minimum atomic E-state index is -0.171. The van der Waals surface area contributed by atoms with Gasteiger partial charge in [-0.3, -0.25) is 4.90 Å². The Morgan fingerprint density at radius 2 is 1.84 bits per heavy atom. The molecule has 3 aromatic carbocycles. The van der Waals surface area contributed by atoms with E-state index in [0.717, 1.165) is 23.1 Å². The molecule has 162 valence electrons. The SMILES string of the molecule is CN1CC(NC(=O)NCc2ccccc2)CC1c1nc(-c2ccc3ccccc3c2)no1. The maximum Gasteiger partial charge on any atom is 0.315 e. The highest BCUT2D eigenvalue weighted by molar-refractivity contribution is 5.86. The molecule has 4 aromatic rings. The van der Waals surface area contributed by atoms with Crippen molar-refractivity contribution in [3.63, 3.8) is 0 Å². The molecule has 1 saturated heterocycles. The van der Waals surface area contributed by atoms with Crippen LogP contribution in [-0.4, -0.2) is 40.7 Å². The molecular formula is C25H25N5O2. The summed E-state index contributed by atoms with van der Waals surface area (Å²) in [6, 6.07) is 24.0. The Morgan fingerprint density at radius 1 is 1.06 bits per heavy atom. The highest BCUT2D eigenvalue weighted by Gasteiger charge is 2.35. The summed E-state index contributed by atoms with van der Waals surface area (Å²) in [5.41, 5.74) is 1.99. The lowest BCUT2D eigenvalue weighted by Gasteiger charge is -2.14. The van der Waals surface area contributed by atoms with E-state index in [1.54, 1.807) is 0 Å². The Morgan fingerprint density at radius 3 is 2.69 bits per heavy atom. The van der Waals surface area contributed by atoms with Crippen molar-refractivity contribution in [3.05, 3.63) is 84.3 Å². The quantitative estimate of drug-likeness (QED) is 0.500. The highest BCUT2D eigenvalue weighted by Crippen LogP contribution is 2.31. The van der Waals surface area contributed by atoms with Crippen LogP contribution in [0.1, 0.15) is 23.9 Å². The van der Waals surface area contributed by atoms with Gasteiger partial charge in [0.1, 0.15) is 0 Å². The van der Waals surface area contributed by atoms with Gasteiger partial charge in [0.15, 0.2) is 0 Å². The third-order valence-corrected chi connectivity index (χ3v) is 5.91. The van der Waals surface area contributed by atoms with E-state index >= 15 is 0 Å². The van der Waals surface area contributed by atoms with Crippen LogP contribution in [0.25, 0.3) is 22.2 Å². The normalized spacial score (nSPS) is 18.7. The number of hydrogen-bond donors (Lipinski definition) is 2. The maximum absolute atomic E-state index is 12.3. The van der Waals surface area contributed by atoms with Crippen molar-refractivity contribution < 1.29 is 9.32 Å². The number of carbonyl (C=O) groups excluding carboxylic acids is 1. The first-order chi connectivity index (χ1) is 15.7. The number of hydrogen-bond acceptors (Lipinski definition) is 5. The second kappa shape index (κ2) is 8.80. The van der Waals surface area contributed by atoms with Gasteiger partial charge in [-0.2, -0.15) is 4.98 Å². The van der Waals surface area contributed by atoms with Gasteiger partial charge in [-0.25, -0.2) is 4.79 Å². The number of urea groups is 1. The van der Waals surface area contributed by atoms with Gasteiger partial charge < -0.3 is 15.2 Å². The smallest absolute Gasteiger partial charge is 0.315 e. The lowest BCUT2D eigenvalue weighted by Crippen LogP contribution is -2.42. The molecule has 5 rings (SSSR count). The fourth-order valence-corrected chi connectivity index (χ4v) is 4.22. The highest BCUT2D eigenvalue weighted by atomic mass is 16.5. The summed E-state index contributed by atoms with van der Waals surface area (Å²) in [5.74, 6) is 1.15. The van der Waals surface area contributed by atoms with E-state index in [1.165, 1.54) is 5.39 Å². The summed E-state index contributed by atoms with van der Waals surface area (Å²) < 4.78 is 5.61. The zero-order valence-electron chi connectivity index (χ0n) is 17.9. The number of amides is 2. The van der Waals surface area contributed by atoms with Crippen LogP contribution in [0.15, 0.2) is 77.3 Å². The largest absolute Gasteiger partial charge is 0.337 e. The van der Waals surface area contributed by atoms with Crippen LogP contribution in [-0.2, 0) is 6.54 Å². The molecule has 0 bridgehead atoms. The lowest BCUT2D eigenvalue weighted by atomic mass is 10.1. The van der Waals surface area contributed by atoms with Gasteiger partial charge in [0.05, 0.1) is 6.04 Å². The molecule has 32 heavy (non-hydrogen) atoms. The first-order valence-corrected chi connectivity index (χ1v) is 10.8. The molecule has 2 atom stereocenters. The molecule has 2 unspecified atom stereocenters. The first-order valence-electron chi connectivity index (χ1n) is 10.8. The van der Waals surface area contributed by atoms with E-state index < -0.39 is 0 Å². The van der Waals surface area contributed by atoms with Crippen molar-refractivity contribution in [2.45, 2.75) is 25.0 Å². The molecule has 0 spiro atoms. The molecule has 1 aliphatic heterocycles. The van der Waals surface area contributed by atoms with E-state index in [-0.39, 0.29) is 18.1 Å². The number of likely N-dealkylation sites (tertiary alicyclic amines) is 1. The van der Waals surface area contributed by atoms with Crippen molar-refractivity contribution in [3.8, 4) is 11.4 Å². The molecule has 2 heterocycles. The van der Waals surface area contributed by atoms with Gasteiger partial charge in [-0.1, -0.05) is 71.9 Å². The molecule has 1 fully saturated rings. The molecule has 1 aliphatic rings. The van der Waals surface area contributed by atoms with Gasteiger partial charge in [-0.15, -0.1) is 0 Å². The second-order valence-corrected chi connectivity index (χ2v) is 8.22. The Labute approximate surface area is 186 Å². The molecule has 0 saturated carbocycles. The topological polar surface area (TPSA) is 83.3 Å². The van der Waals surface area contributed by atoms with Crippen LogP contribution < -0.4 is 10.6 Å². The zero-order chi connectivity index (χ0) is 21.9. The Kier molecular flexibility index (Phi) is 5.56. The standard InChI is InChI=1S/C25H25N5O2/c1-30-16-21(27-25(31)26-15-17-7-3-2-4-8-17)14-22(30)24-28-23(29-32-24)20-12-11-18-9-5-6-10-19(18)13-20/h2-13,21-22H,14-16H2,1H3,(H2,26,27,31). The predicted molar refractivity (Wildman–Crippen MR) is 123 cm³/mol. The third kappa shape index (κ3) is 4.33. The van der Waals surface area contributed by atoms with Crippen LogP contribution in [0.5, 0.6) is 0 Å². The van der Waals surface area contributed by atoms with Crippen LogP contribution in [0.4, 0.5) is 4.79 Å². The van der Waals surface area contributed by atoms with E-state index in [2.05, 4.69) is 49.9 Å². The molecule has 0 aliphatic carbocycles. The minimum absolute atomic E-state index is 0.0109. The van der Waals surface area contributed by atoms with Crippen molar-refractivity contribution >= 4 is 16.8 Å². The van der Waals surface area contributed by atoms with Crippen molar-refractivity contribution in [1.29, 1.82) is 0 Å². The zero-order valence-corrected chi connectivity index (χ0v) is 17.9. The summed E-state index contributed by atoms with van der Waals surface area (Å²) in [6.07, 6.45) is 0.717. The monoisotopic (exact) mass is 427 g/mol. The molecule has 2 N–H and O–H groups in total. The molecule has 7 heteroatoms. The number of fused-ring (bicyclic) bond motifs is 1. The van der Waals surface area contributed by atoms with Crippen molar-refractivity contribution in [2.75, 3.05) is 13.6 Å². The minimum Gasteiger partial charge on any atom is -0.337 e.